The molecule has 0 radical (unpaired) electrons. The summed E-state index contributed by atoms with van der Waals surface area (Å²) in [5, 5.41) is 0. The third-order valence-corrected chi connectivity index (χ3v) is 5.56. The Morgan fingerprint density at radius 3 is 2.74 bits per heavy atom. The molecule has 2 aromatic heterocycles. The molecule has 6 heteroatoms. The van der Waals surface area contributed by atoms with E-state index in [9.17, 15) is 4.79 Å². The molecule has 1 aromatic carbocycles. The van der Waals surface area contributed by atoms with Gasteiger partial charge < -0.3 is 4.42 Å². The van der Waals surface area contributed by atoms with Crippen molar-refractivity contribution in [3.63, 3.8) is 0 Å². The number of thioether (sulfide) groups is 1. The molecule has 27 heavy (non-hydrogen) atoms. The van der Waals surface area contributed by atoms with Crippen LogP contribution >= 0.6 is 24.0 Å². The van der Waals surface area contributed by atoms with Crippen LogP contribution in [0.15, 0.2) is 76.3 Å². The first-order valence-corrected chi connectivity index (χ1v) is 9.73. The van der Waals surface area contributed by atoms with Gasteiger partial charge in [0.05, 0.1) is 4.91 Å². The SMILES string of the molecule is O=C1/C(=C/c2ccc(-c3cccnc3)o2)SC(=S)N1CCc1ccccc1. The first-order valence-electron chi connectivity index (χ1n) is 8.50. The van der Waals surface area contributed by atoms with Crippen molar-refractivity contribution in [3.8, 4) is 11.3 Å². The monoisotopic (exact) mass is 392 g/mol. The van der Waals surface area contributed by atoms with Crippen molar-refractivity contribution < 1.29 is 9.21 Å². The zero-order chi connectivity index (χ0) is 18.6. The Morgan fingerprint density at radius 1 is 1.11 bits per heavy atom. The maximum absolute atomic E-state index is 12.7. The van der Waals surface area contributed by atoms with Gasteiger partial charge in [0.25, 0.3) is 5.91 Å². The van der Waals surface area contributed by atoms with E-state index < -0.39 is 0 Å². The van der Waals surface area contributed by atoms with Crippen LogP contribution in [-0.4, -0.2) is 26.7 Å². The molecular weight excluding hydrogens is 376 g/mol. The van der Waals surface area contributed by atoms with E-state index in [1.54, 1.807) is 23.4 Å². The highest BCUT2D eigenvalue weighted by Gasteiger charge is 2.31. The highest BCUT2D eigenvalue weighted by atomic mass is 32.2. The van der Waals surface area contributed by atoms with E-state index >= 15 is 0 Å². The van der Waals surface area contributed by atoms with Gasteiger partial charge in [-0.2, -0.15) is 0 Å². The summed E-state index contributed by atoms with van der Waals surface area (Å²) >= 11 is 6.71. The molecular formula is C21H16N2O2S2. The second-order valence-corrected chi connectivity index (χ2v) is 7.69. The van der Waals surface area contributed by atoms with Crippen LogP contribution in [0.2, 0.25) is 0 Å². The predicted molar refractivity (Wildman–Crippen MR) is 112 cm³/mol. The highest BCUT2D eigenvalue weighted by Crippen LogP contribution is 2.33. The molecule has 0 unspecified atom stereocenters. The molecule has 1 aliphatic heterocycles. The van der Waals surface area contributed by atoms with Gasteiger partial charge in [-0.1, -0.05) is 54.3 Å². The van der Waals surface area contributed by atoms with Gasteiger partial charge in [0.1, 0.15) is 15.8 Å². The zero-order valence-corrected chi connectivity index (χ0v) is 16.0. The van der Waals surface area contributed by atoms with Crippen molar-refractivity contribution >= 4 is 40.3 Å². The van der Waals surface area contributed by atoms with E-state index in [4.69, 9.17) is 16.6 Å². The third-order valence-electron chi connectivity index (χ3n) is 4.19. The molecule has 3 heterocycles. The Labute approximate surface area is 166 Å². The fourth-order valence-corrected chi connectivity index (χ4v) is 4.09. The molecule has 1 aliphatic rings. The number of pyridine rings is 1. The first-order chi connectivity index (χ1) is 13.2. The van der Waals surface area contributed by atoms with Crippen LogP contribution in [0.25, 0.3) is 17.4 Å². The number of hydrogen-bond donors (Lipinski definition) is 0. The van der Waals surface area contributed by atoms with E-state index in [2.05, 4.69) is 17.1 Å². The molecule has 0 N–H and O–H groups in total. The summed E-state index contributed by atoms with van der Waals surface area (Å²) in [6, 6.07) is 17.6. The standard InChI is InChI=1S/C21H16N2O2S2/c24-20-19(13-17-8-9-18(25-17)16-7-4-11-22-14-16)27-21(26)23(20)12-10-15-5-2-1-3-6-15/h1-9,11,13-14H,10,12H2/b19-13-. The number of rotatable bonds is 5. The molecule has 4 nitrogen and oxygen atoms in total. The Kier molecular flexibility index (Phi) is 5.18. The summed E-state index contributed by atoms with van der Waals surface area (Å²) in [6.07, 6.45) is 5.98. The quantitative estimate of drug-likeness (QED) is 0.462. The zero-order valence-electron chi connectivity index (χ0n) is 14.4. The van der Waals surface area contributed by atoms with E-state index in [0.29, 0.717) is 27.3 Å². The molecule has 1 saturated heterocycles. The predicted octanol–water partition coefficient (Wildman–Crippen LogP) is 4.79. The number of furan rings is 1. The fourth-order valence-electron chi connectivity index (χ4n) is 2.80. The molecule has 1 amide bonds. The van der Waals surface area contributed by atoms with Crippen LogP contribution in [-0.2, 0) is 11.2 Å². The summed E-state index contributed by atoms with van der Waals surface area (Å²) in [5.41, 5.74) is 2.08. The number of carbonyl (C=O) groups excluding carboxylic acids is 1. The summed E-state index contributed by atoms with van der Waals surface area (Å²) in [4.78, 5) is 19.0. The molecule has 0 saturated carbocycles. The second-order valence-electron chi connectivity index (χ2n) is 6.01. The van der Waals surface area contributed by atoms with Gasteiger partial charge in [0.2, 0.25) is 0 Å². The molecule has 134 valence electrons. The van der Waals surface area contributed by atoms with Crippen LogP contribution in [0.3, 0.4) is 0 Å². The summed E-state index contributed by atoms with van der Waals surface area (Å²) < 4.78 is 6.42. The van der Waals surface area contributed by atoms with Crippen molar-refractivity contribution in [2.45, 2.75) is 6.42 Å². The van der Waals surface area contributed by atoms with Gasteiger partial charge in [0.15, 0.2) is 0 Å². The summed E-state index contributed by atoms with van der Waals surface area (Å²) in [7, 11) is 0. The number of amides is 1. The number of thiocarbonyl (C=S) groups is 1. The molecule has 0 spiro atoms. The Balaban J connectivity index is 1.47. The Morgan fingerprint density at radius 2 is 1.96 bits per heavy atom. The van der Waals surface area contributed by atoms with E-state index in [1.165, 1.54) is 17.3 Å². The maximum atomic E-state index is 12.7. The summed E-state index contributed by atoms with van der Waals surface area (Å²) in [5.74, 6) is 1.27. The topological polar surface area (TPSA) is 46.3 Å². The minimum Gasteiger partial charge on any atom is -0.457 e. The fraction of sp³-hybridized carbons (Fsp3) is 0.0952. The lowest BCUT2D eigenvalue weighted by molar-refractivity contribution is -0.122. The Hall–Kier alpha value is -2.70. The average molecular weight is 393 g/mol. The van der Waals surface area contributed by atoms with Crippen molar-refractivity contribution in [2.24, 2.45) is 0 Å². The molecule has 0 bridgehead atoms. The molecule has 0 aliphatic carbocycles. The number of benzene rings is 1. The second kappa shape index (κ2) is 7.90. The normalized spacial score (nSPS) is 15.7. The van der Waals surface area contributed by atoms with Gasteiger partial charge in [-0.25, -0.2) is 0 Å². The van der Waals surface area contributed by atoms with Crippen molar-refractivity contribution in [2.75, 3.05) is 6.54 Å². The van der Waals surface area contributed by atoms with Gasteiger partial charge in [-0.05, 0) is 36.2 Å². The van der Waals surface area contributed by atoms with Crippen molar-refractivity contribution in [3.05, 3.63) is 83.2 Å². The van der Waals surface area contributed by atoms with E-state index in [-0.39, 0.29) is 5.91 Å². The smallest absolute Gasteiger partial charge is 0.266 e. The third kappa shape index (κ3) is 4.02. The van der Waals surface area contributed by atoms with Crippen molar-refractivity contribution in [1.29, 1.82) is 0 Å². The number of nitrogens with zero attached hydrogens (tertiary/aromatic N) is 2. The number of carbonyl (C=O) groups is 1. The average Bonchev–Trinajstić information content (AvgIpc) is 3.27. The van der Waals surface area contributed by atoms with Gasteiger partial charge in [0, 0.05) is 30.6 Å². The van der Waals surface area contributed by atoms with Crippen molar-refractivity contribution in [1.82, 2.24) is 9.88 Å². The Bertz CT molecular complexity index is 997. The van der Waals surface area contributed by atoms with Crippen LogP contribution in [0.1, 0.15) is 11.3 Å². The first kappa shape index (κ1) is 17.7. The van der Waals surface area contributed by atoms with Crippen LogP contribution in [0.4, 0.5) is 0 Å². The number of aromatic nitrogens is 1. The lowest BCUT2D eigenvalue weighted by Crippen LogP contribution is -2.30. The highest BCUT2D eigenvalue weighted by molar-refractivity contribution is 8.26. The molecule has 0 atom stereocenters. The van der Waals surface area contributed by atoms with Crippen LogP contribution in [0, 0.1) is 0 Å². The minimum atomic E-state index is -0.0692. The van der Waals surface area contributed by atoms with Gasteiger partial charge >= 0.3 is 0 Å². The molecule has 3 aromatic rings. The molecule has 1 fully saturated rings. The largest absolute Gasteiger partial charge is 0.457 e. The van der Waals surface area contributed by atoms with Crippen LogP contribution in [0.5, 0.6) is 0 Å². The maximum Gasteiger partial charge on any atom is 0.266 e. The number of hydrogen-bond acceptors (Lipinski definition) is 5. The van der Waals surface area contributed by atoms with Gasteiger partial charge in [-0.15, -0.1) is 0 Å². The van der Waals surface area contributed by atoms with Crippen LogP contribution < -0.4 is 0 Å². The minimum absolute atomic E-state index is 0.0692. The lowest BCUT2D eigenvalue weighted by Gasteiger charge is -2.14. The van der Waals surface area contributed by atoms with E-state index in [1.807, 2.05) is 42.5 Å². The van der Waals surface area contributed by atoms with Gasteiger partial charge in [-0.3, -0.25) is 14.7 Å². The molecule has 4 rings (SSSR count). The lowest BCUT2D eigenvalue weighted by atomic mass is 10.1. The van der Waals surface area contributed by atoms with E-state index in [0.717, 1.165) is 12.0 Å². The summed E-state index contributed by atoms with van der Waals surface area (Å²) in [6.45, 7) is 0.575.